The third-order valence-corrected chi connectivity index (χ3v) is 6.66. The van der Waals surface area contributed by atoms with Crippen molar-refractivity contribution in [1.82, 2.24) is 35.1 Å². The highest BCUT2D eigenvalue weighted by Gasteiger charge is 2.19. The SMILES string of the molecule is O=S(=O)(NCc1nnc(Cc2nc3ccc(-c4ccccc4)cc3s2)o1)c1ncn[nH]1. The summed E-state index contributed by atoms with van der Waals surface area (Å²) in [6.45, 7) is -0.156. The van der Waals surface area contributed by atoms with E-state index in [1.165, 1.54) is 0 Å². The van der Waals surface area contributed by atoms with E-state index in [0.29, 0.717) is 12.3 Å². The fraction of sp³-hybridized carbons (Fsp3) is 0.105. The Morgan fingerprint density at radius 1 is 1.03 bits per heavy atom. The molecule has 10 nitrogen and oxygen atoms in total. The van der Waals surface area contributed by atoms with Gasteiger partial charge in [0.2, 0.25) is 11.8 Å². The molecule has 0 saturated carbocycles. The van der Waals surface area contributed by atoms with Crippen molar-refractivity contribution < 1.29 is 12.8 Å². The van der Waals surface area contributed by atoms with Gasteiger partial charge in [-0.1, -0.05) is 36.4 Å². The van der Waals surface area contributed by atoms with E-state index in [0.717, 1.165) is 32.7 Å². The minimum absolute atomic E-state index is 0.144. The van der Waals surface area contributed by atoms with Gasteiger partial charge in [-0.2, -0.15) is 9.82 Å². The van der Waals surface area contributed by atoms with Crippen LogP contribution in [0.15, 0.2) is 64.4 Å². The van der Waals surface area contributed by atoms with Gasteiger partial charge in [0.05, 0.1) is 23.2 Å². The number of hydrogen-bond acceptors (Lipinski definition) is 9. The fourth-order valence-electron chi connectivity index (χ4n) is 2.97. The average Bonchev–Trinajstić information content (AvgIpc) is 3.53. The van der Waals surface area contributed by atoms with Crippen LogP contribution in [0, 0.1) is 0 Å². The van der Waals surface area contributed by atoms with Crippen molar-refractivity contribution in [2.75, 3.05) is 0 Å². The lowest BCUT2D eigenvalue weighted by Crippen LogP contribution is -2.24. The van der Waals surface area contributed by atoms with Crippen molar-refractivity contribution in [1.29, 1.82) is 0 Å². The van der Waals surface area contributed by atoms with E-state index < -0.39 is 10.0 Å². The molecule has 156 valence electrons. The summed E-state index contributed by atoms with van der Waals surface area (Å²) < 4.78 is 33.1. The normalized spacial score (nSPS) is 11.9. The standard InChI is InChI=1S/C19H15N7O3S2/c27-31(28,19-20-11-21-26-19)22-10-17-25-24-16(29-17)9-18-23-14-7-6-13(8-15(14)30-18)12-4-2-1-3-5-12/h1-8,11,22H,9-10H2,(H,20,21,26). The van der Waals surface area contributed by atoms with Gasteiger partial charge in [-0.05, 0) is 23.3 Å². The molecule has 0 radical (unpaired) electrons. The van der Waals surface area contributed by atoms with Crippen LogP contribution in [0.4, 0.5) is 0 Å². The van der Waals surface area contributed by atoms with Crippen molar-refractivity contribution in [3.05, 3.63) is 71.6 Å². The number of aromatic amines is 1. The quantitative estimate of drug-likeness (QED) is 0.383. The summed E-state index contributed by atoms with van der Waals surface area (Å²) in [6.07, 6.45) is 1.47. The predicted octanol–water partition coefficient (Wildman–Crippen LogP) is 2.53. The molecule has 0 saturated heterocycles. The van der Waals surface area contributed by atoms with Gasteiger partial charge in [0.1, 0.15) is 11.3 Å². The van der Waals surface area contributed by atoms with E-state index >= 15 is 0 Å². The van der Waals surface area contributed by atoms with Gasteiger partial charge in [-0.15, -0.1) is 21.5 Å². The van der Waals surface area contributed by atoms with Gasteiger partial charge in [0, 0.05) is 0 Å². The van der Waals surface area contributed by atoms with Gasteiger partial charge >= 0.3 is 0 Å². The van der Waals surface area contributed by atoms with Gasteiger partial charge in [-0.3, -0.25) is 0 Å². The number of hydrogen-bond donors (Lipinski definition) is 2. The summed E-state index contributed by atoms with van der Waals surface area (Å²) in [5, 5.41) is 14.2. The zero-order valence-electron chi connectivity index (χ0n) is 15.9. The Morgan fingerprint density at radius 3 is 2.68 bits per heavy atom. The summed E-state index contributed by atoms with van der Waals surface area (Å²) in [5.74, 6) is 0.502. The molecule has 31 heavy (non-hydrogen) atoms. The number of sulfonamides is 1. The topological polar surface area (TPSA) is 140 Å². The molecule has 5 rings (SSSR count). The molecule has 12 heteroatoms. The van der Waals surface area contributed by atoms with E-state index in [4.69, 9.17) is 4.42 Å². The third-order valence-electron chi connectivity index (χ3n) is 4.41. The molecule has 0 aliphatic heterocycles. The summed E-state index contributed by atoms with van der Waals surface area (Å²) in [6, 6.07) is 16.3. The van der Waals surface area contributed by atoms with Crippen molar-refractivity contribution in [2.24, 2.45) is 0 Å². The van der Waals surface area contributed by atoms with Crippen LogP contribution in [0.5, 0.6) is 0 Å². The maximum absolute atomic E-state index is 12.1. The number of nitrogens with zero attached hydrogens (tertiary/aromatic N) is 5. The van der Waals surface area contributed by atoms with Crippen molar-refractivity contribution in [3.8, 4) is 11.1 Å². The van der Waals surface area contributed by atoms with Crippen LogP contribution < -0.4 is 4.72 Å². The third kappa shape index (κ3) is 4.21. The van der Waals surface area contributed by atoms with E-state index in [2.05, 4.69) is 53.3 Å². The molecule has 0 aliphatic rings. The largest absolute Gasteiger partial charge is 0.423 e. The zero-order valence-corrected chi connectivity index (χ0v) is 17.5. The second kappa shape index (κ2) is 7.98. The Labute approximate surface area is 180 Å². The first-order chi connectivity index (χ1) is 15.1. The van der Waals surface area contributed by atoms with Crippen LogP contribution in [0.2, 0.25) is 0 Å². The van der Waals surface area contributed by atoms with E-state index in [1.807, 2.05) is 30.3 Å². The minimum atomic E-state index is -3.83. The van der Waals surface area contributed by atoms with Crippen molar-refractivity contribution in [2.45, 2.75) is 18.1 Å². The molecule has 0 atom stereocenters. The Kier molecular flexibility index (Phi) is 5.02. The minimum Gasteiger partial charge on any atom is -0.423 e. The molecule has 3 aromatic heterocycles. The van der Waals surface area contributed by atoms with Gasteiger partial charge < -0.3 is 4.42 Å². The lowest BCUT2D eigenvalue weighted by molar-refractivity contribution is 0.450. The molecule has 2 aromatic carbocycles. The smallest absolute Gasteiger partial charge is 0.276 e. The maximum atomic E-state index is 12.1. The zero-order chi connectivity index (χ0) is 21.3. The number of nitrogens with one attached hydrogen (secondary N) is 2. The highest BCUT2D eigenvalue weighted by atomic mass is 32.2. The van der Waals surface area contributed by atoms with Crippen LogP contribution in [0.25, 0.3) is 21.3 Å². The van der Waals surface area contributed by atoms with E-state index in [9.17, 15) is 8.42 Å². The molecule has 2 N–H and O–H groups in total. The monoisotopic (exact) mass is 453 g/mol. The summed E-state index contributed by atoms with van der Waals surface area (Å²) in [5.41, 5.74) is 3.18. The highest BCUT2D eigenvalue weighted by Crippen LogP contribution is 2.29. The molecule has 5 aromatic rings. The van der Waals surface area contributed by atoms with Gasteiger partial charge in [0.15, 0.2) is 0 Å². The van der Waals surface area contributed by atoms with Crippen LogP contribution in [0.1, 0.15) is 16.8 Å². The summed E-state index contributed by atoms with van der Waals surface area (Å²) >= 11 is 1.56. The lowest BCUT2D eigenvalue weighted by Gasteiger charge is -2.00. The second-order valence-electron chi connectivity index (χ2n) is 6.54. The Morgan fingerprint density at radius 2 is 1.87 bits per heavy atom. The van der Waals surface area contributed by atoms with Crippen LogP contribution in [-0.2, 0) is 23.0 Å². The lowest BCUT2D eigenvalue weighted by atomic mass is 10.1. The van der Waals surface area contributed by atoms with E-state index in [1.54, 1.807) is 11.3 Å². The summed E-state index contributed by atoms with van der Waals surface area (Å²) in [4.78, 5) is 8.25. The number of rotatable bonds is 7. The molecular formula is C19H15N7O3S2. The number of H-pyrrole nitrogens is 1. The number of benzene rings is 2. The average molecular weight is 454 g/mol. The van der Waals surface area contributed by atoms with Crippen LogP contribution >= 0.6 is 11.3 Å². The van der Waals surface area contributed by atoms with Crippen molar-refractivity contribution in [3.63, 3.8) is 0 Å². The first-order valence-electron chi connectivity index (χ1n) is 9.18. The molecule has 0 aliphatic carbocycles. The highest BCUT2D eigenvalue weighted by molar-refractivity contribution is 7.89. The van der Waals surface area contributed by atoms with Gasteiger partial charge in [-0.25, -0.2) is 23.5 Å². The molecule has 0 unspecified atom stereocenters. The first-order valence-corrected chi connectivity index (χ1v) is 11.5. The molecular weight excluding hydrogens is 438 g/mol. The first kappa shape index (κ1) is 19.5. The van der Waals surface area contributed by atoms with Crippen LogP contribution in [0.3, 0.4) is 0 Å². The van der Waals surface area contributed by atoms with Crippen LogP contribution in [-0.4, -0.2) is 38.8 Å². The molecule has 0 amide bonds. The predicted molar refractivity (Wildman–Crippen MR) is 113 cm³/mol. The number of aromatic nitrogens is 6. The molecule has 0 bridgehead atoms. The fourth-order valence-corrected chi connectivity index (χ4v) is 4.77. The maximum Gasteiger partial charge on any atom is 0.276 e. The Balaban J connectivity index is 1.29. The van der Waals surface area contributed by atoms with Crippen molar-refractivity contribution >= 4 is 31.6 Å². The van der Waals surface area contributed by atoms with E-state index in [-0.39, 0.29) is 17.6 Å². The number of thiazole rings is 1. The summed E-state index contributed by atoms with van der Waals surface area (Å²) in [7, 11) is -3.83. The number of fused-ring (bicyclic) bond motifs is 1. The Bertz CT molecular complexity index is 1430. The molecule has 0 fully saturated rings. The molecule has 3 heterocycles. The molecule has 0 spiro atoms. The Hall–Kier alpha value is -3.48. The van der Waals surface area contributed by atoms with Gasteiger partial charge in [0.25, 0.3) is 15.2 Å². The second-order valence-corrected chi connectivity index (χ2v) is 9.34.